The zero-order chi connectivity index (χ0) is 15.5. The van der Waals surface area contributed by atoms with Crippen molar-refractivity contribution < 1.29 is 4.79 Å². The van der Waals surface area contributed by atoms with Gasteiger partial charge in [0.1, 0.15) is 0 Å². The van der Waals surface area contributed by atoms with E-state index >= 15 is 0 Å². The maximum Gasteiger partial charge on any atom is 0.233 e. The molecule has 1 saturated carbocycles. The summed E-state index contributed by atoms with van der Waals surface area (Å²) in [6.45, 7) is 2.34. The van der Waals surface area contributed by atoms with Crippen LogP contribution < -0.4 is 5.32 Å². The number of nitrogens with one attached hydrogen (secondary N) is 1. The highest BCUT2D eigenvalue weighted by Gasteiger charge is 2.29. The maximum atomic E-state index is 12.2. The minimum absolute atomic E-state index is 0.0368. The lowest BCUT2D eigenvalue weighted by Crippen LogP contribution is -2.30. The predicted octanol–water partition coefficient (Wildman–Crippen LogP) is 2.46. The molecule has 1 aliphatic rings. The molecule has 1 amide bonds. The Bertz CT molecular complexity index is 656. The number of halogens is 1. The molecule has 1 heterocycles. The molecule has 22 heavy (non-hydrogen) atoms. The van der Waals surface area contributed by atoms with Crippen molar-refractivity contribution in [3.8, 4) is 0 Å². The molecule has 1 N–H and O–H groups in total. The van der Waals surface area contributed by atoms with Crippen LogP contribution in [0.3, 0.4) is 0 Å². The summed E-state index contributed by atoms with van der Waals surface area (Å²) in [6.07, 6.45) is 2.21. The van der Waals surface area contributed by atoms with Crippen molar-refractivity contribution in [3.63, 3.8) is 0 Å². The SMILES string of the molecule is CC(Sc1nnnn1C1CC1)C(=O)NCc1ccc(Cl)cc1. The molecule has 2 aromatic rings. The lowest BCUT2D eigenvalue weighted by Gasteiger charge is -2.11. The number of amides is 1. The van der Waals surface area contributed by atoms with Crippen LogP contribution in [-0.4, -0.2) is 31.4 Å². The van der Waals surface area contributed by atoms with Gasteiger partial charge in [0.2, 0.25) is 11.1 Å². The van der Waals surface area contributed by atoms with Gasteiger partial charge in [-0.1, -0.05) is 35.5 Å². The number of nitrogens with zero attached hydrogens (tertiary/aromatic N) is 4. The lowest BCUT2D eigenvalue weighted by atomic mass is 10.2. The van der Waals surface area contributed by atoms with Gasteiger partial charge in [-0.2, -0.15) is 0 Å². The van der Waals surface area contributed by atoms with E-state index in [1.54, 1.807) is 0 Å². The fraction of sp³-hybridized carbons (Fsp3) is 0.429. The maximum absolute atomic E-state index is 12.2. The fourth-order valence-corrected chi connectivity index (χ4v) is 2.97. The Kier molecular flexibility index (Phi) is 4.63. The van der Waals surface area contributed by atoms with Crippen molar-refractivity contribution in [1.82, 2.24) is 25.5 Å². The molecule has 0 bridgehead atoms. The van der Waals surface area contributed by atoms with Crippen molar-refractivity contribution >= 4 is 29.3 Å². The number of benzene rings is 1. The van der Waals surface area contributed by atoms with Crippen LogP contribution in [0.4, 0.5) is 0 Å². The third-order valence-electron chi connectivity index (χ3n) is 3.39. The van der Waals surface area contributed by atoms with Crippen LogP contribution in [0.2, 0.25) is 5.02 Å². The third kappa shape index (κ3) is 3.78. The molecule has 0 aliphatic heterocycles. The number of aromatic nitrogens is 4. The molecule has 116 valence electrons. The number of carbonyl (C=O) groups excluding carboxylic acids is 1. The minimum atomic E-state index is -0.254. The number of thioether (sulfide) groups is 1. The van der Waals surface area contributed by atoms with E-state index in [1.165, 1.54) is 11.8 Å². The topological polar surface area (TPSA) is 72.7 Å². The van der Waals surface area contributed by atoms with Gasteiger partial charge in [0.05, 0.1) is 11.3 Å². The van der Waals surface area contributed by atoms with Crippen LogP contribution in [0.25, 0.3) is 0 Å². The third-order valence-corrected chi connectivity index (χ3v) is 4.69. The smallest absolute Gasteiger partial charge is 0.233 e. The second kappa shape index (κ2) is 6.66. The van der Waals surface area contributed by atoms with E-state index in [4.69, 9.17) is 11.6 Å². The van der Waals surface area contributed by atoms with Gasteiger partial charge < -0.3 is 5.32 Å². The van der Waals surface area contributed by atoms with Crippen LogP contribution in [-0.2, 0) is 11.3 Å². The van der Waals surface area contributed by atoms with E-state index in [0.717, 1.165) is 18.4 Å². The number of rotatable bonds is 6. The van der Waals surface area contributed by atoms with E-state index in [9.17, 15) is 4.79 Å². The molecular weight excluding hydrogens is 322 g/mol. The first-order valence-corrected chi connectivity index (χ1v) is 8.36. The number of hydrogen-bond donors (Lipinski definition) is 1. The molecule has 1 fully saturated rings. The van der Waals surface area contributed by atoms with Gasteiger partial charge in [-0.05, 0) is 47.9 Å². The molecule has 1 unspecified atom stereocenters. The van der Waals surface area contributed by atoms with Crippen LogP contribution in [0.1, 0.15) is 31.4 Å². The summed E-state index contributed by atoms with van der Waals surface area (Å²) in [7, 11) is 0. The van der Waals surface area contributed by atoms with Gasteiger partial charge >= 0.3 is 0 Å². The van der Waals surface area contributed by atoms with E-state index < -0.39 is 0 Å². The Hall–Kier alpha value is -1.60. The molecule has 6 nitrogen and oxygen atoms in total. The fourth-order valence-electron chi connectivity index (χ4n) is 1.96. The number of carbonyl (C=O) groups is 1. The normalized spacial score (nSPS) is 15.5. The van der Waals surface area contributed by atoms with Crippen molar-refractivity contribution in [2.75, 3.05) is 0 Å². The van der Waals surface area contributed by atoms with Crippen LogP contribution in [0.5, 0.6) is 0 Å². The number of hydrogen-bond acceptors (Lipinski definition) is 5. The van der Waals surface area contributed by atoms with E-state index in [0.29, 0.717) is 22.8 Å². The Morgan fingerprint density at radius 1 is 1.45 bits per heavy atom. The van der Waals surface area contributed by atoms with Crippen molar-refractivity contribution in [2.45, 2.75) is 42.8 Å². The zero-order valence-corrected chi connectivity index (χ0v) is 13.6. The molecule has 1 aliphatic carbocycles. The lowest BCUT2D eigenvalue weighted by molar-refractivity contribution is -0.120. The van der Waals surface area contributed by atoms with Crippen molar-refractivity contribution in [1.29, 1.82) is 0 Å². The summed E-state index contributed by atoms with van der Waals surface area (Å²) in [5.41, 5.74) is 1.01. The molecule has 0 radical (unpaired) electrons. The highest BCUT2D eigenvalue weighted by atomic mass is 35.5. The van der Waals surface area contributed by atoms with E-state index in [-0.39, 0.29) is 11.2 Å². The second-order valence-corrected chi connectivity index (χ2v) is 6.99. The Labute approximate surface area is 137 Å². The van der Waals surface area contributed by atoms with E-state index in [1.807, 2.05) is 35.9 Å². The largest absolute Gasteiger partial charge is 0.351 e. The highest BCUT2D eigenvalue weighted by molar-refractivity contribution is 8.00. The first kappa shape index (κ1) is 15.3. The van der Waals surface area contributed by atoms with Gasteiger partial charge in [0.15, 0.2) is 0 Å². The second-order valence-electron chi connectivity index (χ2n) is 5.24. The average Bonchev–Trinajstić information content (AvgIpc) is 3.26. The van der Waals surface area contributed by atoms with Gasteiger partial charge in [-0.25, -0.2) is 4.68 Å². The Morgan fingerprint density at radius 3 is 2.86 bits per heavy atom. The summed E-state index contributed by atoms with van der Waals surface area (Å²) >= 11 is 7.22. The quantitative estimate of drug-likeness (QED) is 0.820. The van der Waals surface area contributed by atoms with Crippen molar-refractivity contribution in [2.24, 2.45) is 0 Å². The molecule has 1 aromatic carbocycles. The average molecular weight is 338 g/mol. The number of tetrazole rings is 1. The summed E-state index contributed by atoms with van der Waals surface area (Å²) in [4.78, 5) is 12.2. The Balaban J connectivity index is 1.53. The molecule has 3 rings (SSSR count). The van der Waals surface area contributed by atoms with Crippen LogP contribution in [0.15, 0.2) is 29.4 Å². The van der Waals surface area contributed by atoms with Crippen LogP contribution >= 0.6 is 23.4 Å². The standard InChI is InChI=1S/C14H16ClN5OS/c1-9(22-14-17-18-19-20(14)12-6-7-12)13(21)16-8-10-2-4-11(15)5-3-10/h2-5,9,12H,6-8H2,1H3,(H,16,21). The van der Waals surface area contributed by atoms with Gasteiger partial charge in [-0.15, -0.1) is 5.10 Å². The van der Waals surface area contributed by atoms with Crippen molar-refractivity contribution in [3.05, 3.63) is 34.9 Å². The molecule has 8 heteroatoms. The molecule has 1 aromatic heterocycles. The van der Waals surface area contributed by atoms with E-state index in [2.05, 4.69) is 20.8 Å². The molecular formula is C14H16ClN5OS. The van der Waals surface area contributed by atoms with Gasteiger partial charge in [0.25, 0.3) is 0 Å². The summed E-state index contributed by atoms with van der Waals surface area (Å²) in [6, 6.07) is 7.82. The molecule has 1 atom stereocenters. The Morgan fingerprint density at radius 2 is 2.18 bits per heavy atom. The first-order valence-electron chi connectivity index (χ1n) is 7.10. The zero-order valence-electron chi connectivity index (χ0n) is 12.1. The summed E-state index contributed by atoms with van der Waals surface area (Å²) in [5, 5.41) is 15.7. The first-order chi connectivity index (χ1) is 10.6. The molecule has 0 spiro atoms. The summed E-state index contributed by atoms with van der Waals surface area (Å²) < 4.78 is 1.81. The predicted molar refractivity (Wildman–Crippen MR) is 84.7 cm³/mol. The monoisotopic (exact) mass is 337 g/mol. The highest BCUT2D eigenvalue weighted by Crippen LogP contribution is 2.37. The van der Waals surface area contributed by atoms with Gasteiger partial charge in [-0.3, -0.25) is 4.79 Å². The van der Waals surface area contributed by atoms with Gasteiger partial charge in [0, 0.05) is 11.6 Å². The summed E-state index contributed by atoms with van der Waals surface area (Å²) in [5.74, 6) is -0.0368. The van der Waals surface area contributed by atoms with Crippen LogP contribution in [0, 0.1) is 0 Å². The molecule has 0 saturated heterocycles. The minimum Gasteiger partial charge on any atom is -0.351 e.